The molecule has 0 aliphatic heterocycles. The molecule has 0 aliphatic carbocycles. The van der Waals surface area contributed by atoms with Gasteiger partial charge in [-0.15, -0.1) is 0 Å². The molecule has 0 amide bonds. The third-order valence-corrected chi connectivity index (χ3v) is 2.93. The van der Waals surface area contributed by atoms with E-state index in [0.717, 1.165) is 22.6 Å². The molecular formula is C15H24O3. The fourth-order valence-electron chi connectivity index (χ4n) is 2.02. The number of benzene rings is 1. The number of hydrogen-bond acceptors (Lipinski definition) is 3. The van der Waals surface area contributed by atoms with E-state index in [9.17, 15) is 5.11 Å². The summed E-state index contributed by atoms with van der Waals surface area (Å²) in [7, 11) is 3.32. The molecule has 3 nitrogen and oxygen atoms in total. The quantitative estimate of drug-likeness (QED) is 0.895. The highest BCUT2D eigenvalue weighted by atomic mass is 16.5. The molecule has 1 aromatic rings. The molecule has 0 spiro atoms. The van der Waals surface area contributed by atoms with Crippen LogP contribution < -0.4 is 9.47 Å². The highest BCUT2D eigenvalue weighted by Crippen LogP contribution is 2.37. The van der Waals surface area contributed by atoms with Crippen LogP contribution in [0.4, 0.5) is 0 Å². The van der Waals surface area contributed by atoms with Gasteiger partial charge in [0.2, 0.25) is 0 Å². The van der Waals surface area contributed by atoms with E-state index in [1.165, 1.54) is 0 Å². The summed E-state index contributed by atoms with van der Waals surface area (Å²) in [6.07, 6.45) is 0.160. The normalized spacial score (nSPS) is 13.3. The first-order valence-electron chi connectivity index (χ1n) is 6.23. The van der Waals surface area contributed by atoms with Gasteiger partial charge in [0, 0.05) is 17.5 Å². The van der Waals surface area contributed by atoms with Crippen molar-refractivity contribution in [3.05, 3.63) is 23.3 Å². The minimum Gasteiger partial charge on any atom is -0.496 e. The largest absolute Gasteiger partial charge is 0.496 e. The van der Waals surface area contributed by atoms with Gasteiger partial charge in [-0.2, -0.15) is 0 Å². The second-order valence-electron chi connectivity index (χ2n) is 5.67. The van der Waals surface area contributed by atoms with E-state index in [0.29, 0.717) is 6.42 Å². The van der Waals surface area contributed by atoms with Gasteiger partial charge in [0.15, 0.2) is 0 Å². The Hall–Kier alpha value is -1.22. The maximum absolute atomic E-state index is 9.52. The fraction of sp³-hybridized carbons (Fsp3) is 0.600. The summed E-state index contributed by atoms with van der Waals surface area (Å²) in [6, 6.07) is 3.97. The molecule has 0 fully saturated rings. The smallest absolute Gasteiger partial charge is 0.123 e. The van der Waals surface area contributed by atoms with E-state index < -0.39 is 6.10 Å². The summed E-state index contributed by atoms with van der Waals surface area (Å²) in [6.45, 7) is 8.18. The lowest BCUT2D eigenvalue weighted by Crippen LogP contribution is -2.14. The molecule has 18 heavy (non-hydrogen) atoms. The molecule has 0 radical (unpaired) electrons. The van der Waals surface area contributed by atoms with Crippen LogP contribution in [-0.2, 0) is 11.8 Å². The third-order valence-electron chi connectivity index (χ3n) is 2.93. The highest BCUT2D eigenvalue weighted by Gasteiger charge is 2.22. The average molecular weight is 252 g/mol. The molecular weight excluding hydrogens is 228 g/mol. The lowest BCUT2D eigenvalue weighted by atomic mass is 9.85. The fourth-order valence-corrected chi connectivity index (χ4v) is 2.02. The number of rotatable bonds is 4. The minimum atomic E-state index is -0.399. The Morgan fingerprint density at radius 3 is 2.06 bits per heavy atom. The number of aliphatic hydroxyl groups excluding tert-OH is 1. The van der Waals surface area contributed by atoms with Crippen LogP contribution >= 0.6 is 0 Å². The van der Waals surface area contributed by atoms with Gasteiger partial charge in [0.25, 0.3) is 0 Å². The van der Waals surface area contributed by atoms with E-state index in [-0.39, 0.29) is 5.41 Å². The molecule has 1 unspecified atom stereocenters. The van der Waals surface area contributed by atoms with Crippen molar-refractivity contribution in [1.82, 2.24) is 0 Å². The zero-order chi connectivity index (χ0) is 13.9. The Morgan fingerprint density at radius 2 is 1.67 bits per heavy atom. The summed E-state index contributed by atoms with van der Waals surface area (Å²) < 4.78 is 10.9. The Kier molecular flexibility index (Phi) is 4.63. The van der Waals surface area contributed by atoms with Gasteiger partial charge in [-0.05, 0) is 24.5 Å². The van der Waals surface area contributed by atoms with Crippen molar-refractivity contribution >= 4 is 0 Å². The van der Waals surface area contributed by atoms with Crippen molar-refractivity contribution in [1.29, 1.82) is 0 Å². The van der Waals surface area contributed by atoms with Gasteiger partial charge in [-0.3, -0.25) is 0 Å². The zero-order valence-corrected chi connectivity index (χ0v) is 12.2. The van der Waals surface area contributed by atoms with E-state index in [2.05, 4.69) is 20.8 Å². The zero-order valence-electron chi connectivity index (χ0n) is 12.2. The summed E-state index contributed by atoms with van der Waals surface area (Å²) in [5.74, 6) is 1.65. The third kappa shape index (κ3) is 3.39. The van der Waals surface area contributed by atoms with Crippen LogP contribution in [0.5, 0.6) is 11.5 Å². The topological polar surface area (TPSA) is 38.7 Å². The molecule has 0 aliphatic rings. The standard InChI is InChI=1S/C15H24O3/c1-10(16)7-11-8-14(18-6)12(15(2,3)4)9-13(11)17-5/h8-10,16H,7H2,1-6H3. The predicted octanol–water partition coefficient (Wildman–Crippen LogP) is 2.92. The highest BCUT2D eigenvalue weighted by molar-refractivity contribution is 5.49. The lowest BCUT2D eigenvalue weighted by molar-refractivity contribution is 0.194. The van der Waals surface area contributed by atoms with Crippen LogP contribution in [0.15, 0.2) is 12.1 Å². The second-order valence-corrected chi connectivity index (χ2v) is 5.67. The van der Waals surface area contributed by atoms with Crippen LogP contribution in [0.25, 0.3) is 0 Å². The van der Waals surface area contributed by atoms with Gasteiger partial charge in [-0.25, -0.2) is 0 Å². The molecule has 0 saturated carbocycles. The van der Waals surface area contributed by atoms with Crippen molar-refractivity contribution in [3.8, 4) is 11.5 Å². The van der Waals surface area contributed by atoms with Crippen molar-refractivity contribution in [2.75, 3.05) is 14.2 Å². The van der Waals surface area contributed by atoms with Gasteiger partial charge in [-0.1, -0.05) is 20.8 Å². The summed E-state index contributed by atoms with van der Waals surface area (Å²) in [4.78, 5) is 0. The first kappa shape index (κ1) is 14.8. The van der Waals surface area contributed by atoms with Gasteiger partial charge in [0.1, 0.15) is 11.5 Å². The van der Waals surface area contributed by atoms with Crippen molar-refractivity contribution < 1.29 is 14.6 Å². The summed E-state index contributed by atoms with van der Waals surface area (Å²) in [5, 5.41) is 9.52. The Balaban J connectivity index is 3.32. The summed E-state index contributed by atoms with van der Waals surface area (Å²) in [5.41, 5.74) is 2.07. The van der Waals surface area contributed by atoms with Crippen LogP contribution in [0.1, 0.15) is 38.8 Å². The Labute approximate surface area is 110 Å². The molecule has 1 N–H and O–H groups in total. The van der Waals surface area contributed by atoms with E-state index in [1.54, 1.807) is 21.1 Å². The number of ether oxygens (including phenoxy) is 2. The molecule has 1 atom stereocenters. The van der Waals surface area contributed by atoms with Crippen LogP contribution in [-0.4, -0.2) is 25.4 Å². The Morgan fingerprint density at radius 1 is 1.11 bits per heavy atom. The monoisotopic (exact) mass is 252 g/mol. The average Bonchev–Trinajstić information content (AvgIpc) is 2.26. The molecule has 1 aromatic carbocycles. The SMILES string of the molecule is COc1cc(C(C)(C)C)c(OC)cc1CC(C)O. The molecule has 0 heterocycles. The minimum absolute atomic E-state index is 0.0119. The van der Waals surface area contributed by atoms with E-state index in [1.807, 2.05) is 12.1 Å². The lowest BCUT2D eigenvalue weighted by Gasteiger charge is -2.24. The van der Waals surface area contributed by atoms with Crippen molar-refractivity contribution in [2.24, 2.45) is 0 Å². The van der Waals surface area contributed by atoms with E-state index in [4.69, 9.17) is 9.47 Å². The van der Waals surface area contributed by atoms with Gasteiger partial charge in [0.05, 0.1) is 20.3 Å². The molecule has 3 heteroatoms. The van der Waals surface area contributed by atoms with Crippen LogP contribution in [0.3, 0.4) is 0 Å². The van der Waals surface area contributed by atoms with Crippen LogP contribution in [0.2, 0.25) is 0 Å². The second kappa shape index (κ2) is 5.61. The van der Waals surface area contributed by atoms with Crippen molar-refractivity contribution in [2.45, 2.75) is 45.6 Å². The Bertz CT molecular complexity index is 403. The number of aliphatic hydroxyl groups is 1. The number of hydrogen-bond donors (Lipinski definition) is 1. The first-order valence-corrected chi connectivity index (χ1v) is 6.23. The van der Waals surface area contributed by atoms with Crippen molar-refractivity contribution in [3.63, 3.8) is 0 Å². The molecule has 0 bridgehead atoms. The van der Waals surface area contributed by atoms with Gasteiger partial charge < -0.3 is 14.6 Å². The maximum Gasteiger partial charge on any atom is 0.123 e. The molecule has 0 saturated heterocycles. The number of methoxy groups -OCH3 is 2. The first-order chi connectivity index (χ1) is 8.29. The molecule has 1 rings (SSSR count). The molecule has 102 valence electrons. The maximum atomic E-state index is 9.52. The van der Waals surface area contributed by atoms with Crippen LogP contribution in [0, 0.1) is 0 Å². The van der Waals surface area contributed by atoms with E-state index >= 15 is 0 Å². The summed E-state index contributed by atoms with van der Waals surface area (Å²) >= 11 is 0. The van der Waals surface area contributed by atoms with Gasteiger partial charge >= 0.3 is 0 Å². The molecule has 0 aromatic heterocycles. The predicted molar refractivity (Wildman–Crippen MR) is 73.6 cm³/mol.